The molecular formula is C21H19F3N6O2S. The zero-order chi connectivity index (χ0) is 24.0. The number of hydrogen-bond acceptors (Lipinski definition) is 5. The maximum absolute atomic E-state index is 13.6. The molecule has 12 heteroatoms. The van der Waals surface area contributed by atoms with E-state index in [9.17, 15) is 21.6 Å². The number of hydrogen-bond donors (Lipinski definition) is 2. The van der Waals surface area contributed by atoms with Crippen molar-refractivity contribution in [2.45, 2.75) is 11.1 Å². The predicted molar refractivity (Wildman–Crippen MR) is 117 cm³/mol. The third kappa shape index (κ3) is 4.47. The molecule has 0 spiro atoms. The number of anilines is 1. The van der Waals surface area contributed by atoms with Crippen LogP contribution in [0.3, 0.4) is 0 Å². The Balaban J connectivity index is 1.96. The zero-order valence-electron chi connectivity index (χ0n) is 17.5. The fraction of sp³-hybridized carbons (Fsp3) is 0.143. The van der Waals surface area contributed by atoms with Crippen LogP contribution in [0.1, 0.15) is 5.69 Å². The second-order valence-electron chi connectivity index (χ2n) is 7.46. The van der Waals surface area contributed by atoms with Gasteiger partial charge in [0.25, 0.3) is 0 Å². The Morgan fingerprint density at radius 3 is 2.27 bits per heavy atom. The number of H-pyrrole nitrogens is 1. The minimum absolute atomic E-state index is 0.161. The third-order valence-corrected chi connectivity index (χ3v) is 5.90. The van der Waals surface area contributed by atoms with Crippen molar-refractivity contribution in [1.29, 1.82) is 0 Å². The highest BCUT2D eigenvalue weighted by Crippen LogP contribution is 2.38. The Morgan fingerprint density at radius 1 is 1.03 bits per heavy atom. The van der Waals surface area contributed by atoms with Gasteiger partial charge in [0.05, 0.1) is 22.0 Å². The Bertz CT molecular complexity index is 1390. The van der Waals surface area contributed by atoms with Crippen LogP contribution in [0.5, 0.6) is 0 Å². The average molecular weight is 476 g/mol. The molecule has 0 aliphatic carbocycles. The SMILES string of the molecule is CN(C)c1ccc(-c2ccn[nH]2)cc1-c1cc(C(F)(F)F)nn1-c1ccc(S(N)(=O)=O)cc1. The molecular weight excluding hydrogens is 457 g/mol. The largest absolute Gasteiger partial charge is 0.435 e. The first-order chi connectivity index (χ1) is 15.4. The minimum Gasteiger partial charge on any atom is -0.377 e. The van der Waals surface area contributed by atoms with Gasteiger partial charge in [-0.2, -0.15) is 23.4 Å². The van der Waals surface area contributed by atoms with Gasteiger partial charge >= 0.3 is 6.18 Å². The first-order valence-electron chi connectivity index (χ1n) is 9.57. The predicted octanol–water partition coefficient (Wildman–Crippen LogP) is 3.66. The van der Waals surface area contributed by atoms with E-state index >= 15 is 0 Å². The van der Waals surface area contributed by atoms with E-state index in [2.05, 4.69) is 15.3 Å². The summed E-state index contributed by atoms with van der Waals surface area (Å²) in [5.74, 6) is 0. The van der Waals surface area contributed by atoms with Gasteiger partial charge in [0.1, 0.15) is 0 Å². The highest BCUT2D eigenvalue weighted by Gasteiger charge is 2.35. The summed E-state index contributed by atoms with van der Waals surface area (Å²) in [7, 11) is -0.399. The number of nitrogens with zero attached hydrogens (tertiary/aromatic N) is 4. The Morgan fingerprint density at radius 2 is 1.73 bits per heavy atom. The van der Waals surface area contributed by atoms with Crippen LogP contribution < -0.4 is 10.0 Å². The number of aromatic amines is 1. The average Bonchev–Trinajstić information content (AvgIpc) is 3.43. The van der Waals surface area contributed by atoms with Crippen LogP contribution >= 0.6 is 0 Å². The van der Waals surface area contributed by atoms with E-state index in [4.69, 9.17) is 5.14 Å². The monoisotopic (exact) mass is 476 g/mol. The summed E-state index contributed by atoms with van der Waals surface area (Å²) in [5.41, 5.74) is 1.91. The molecule has 4 aromatic rings. The summed E-state index contributed by atoms with van der Waals surface area (Å²) in [4.78, 5) is 1.62. The molecule has 0 unspecified atom stereocenters. The number of aromatic nitrogens is 4. The Kier molecular flexibility index (Phi) is 5.50. The molecule has 0 saturated carbocycles. The fourth-order valence-electron chi connectivity index (χ4n) is 3.40. The van der Waals surface area contributed by atoms with Crippen LogP contribution in [0.15, 0.2) is 65.7 Å². The molecule has 0 radical (unpaired) electrons. The number of rotatable bonds is 5. The maximum atomic E-state index is 13.6. The molecule has 2 heterocycles. The summed E-state index contributed by atoms with van der Waals surface area (Å²) in [6.45, 7) is 0. The van der Waals surface area contributed by atoms with Gasteiger partial charge in [0.15, 0.2) is 5.69 Å². The van der Waals surface area contributed by atoms with E-state index in [0.29, 0.717) is 16.9 Å². The lowest BCUT2D eigenvalue weighted by Crippen LogP contribution is -2.13. The lowest BCUT2D eigenvalue weighted by Gasteiger charge is -2.19. The third-order valence-electron chi connectivity index (χ3n) is 4.98. The number of halogens is 3. The van der Waals surface area contributed by atoms with Gasteiger partial charge in [0, 0.05) is 37.1 Å². The van der Waals surface area contributed by atoms with Crippen LogP contribution in [-0.2, 0) is 16.2 Å². The molecule has 0 fully saturated rings. The molecule has 0 bridgehead atoms. The first-order valence-corrected chi connectivity index (χ1v) is 11.1. The van der Waals surface area contributed by atoms with Gasteiger partial charge in [-0.05, 0) is 48.5 Å². The van der Waals surface area contributed by atoms with Gasteiger partial charge in [0.2, 0.25) is 10.0 Å². The van der Waals surface area contributed by atoms with Crippen LogP contribution in [0.4, 0.5) is 18.9 Å². The summed E-state index contributed by atoms with van der Waals surface area (Å²) in [5, 5.41) is 15.7. The molecule has 4 rings (SSSR count). The van der Waals surface area contributed by atoms with Gasteiger partial charge in [-0.25, -0.2) is 18.2 Å². The normalized spacial score (nSPS) is 12.2. The maximum Gasteiger partial charge on any atom is 0.435 e. The second-order valence-corrected chi connectivity index (χ2v) is 9.02. The highest BCUT2D eigenvalue weighted by atomic mass is 32.2. The van der Waals surface area contributed by atoms with Crippen molar-refractivity contribution in [3.63, 3.8) is 0 Å². The van der Waals surface area contributed by atoms with Crippen LogP contribution in [0.2, 0.25) is 0 Å². The van der Waals surface area contributed by atoms with E-state index < -0.39 is 21.9 Å². The smallest absolute Gasteiger partial charge is 0.377 e. The number of benzene rings is 2. The zero-order valence-corrected chi connectivity index (χ0v) is 18.3. The summed E-state index contributed by atoms with van der Waals surface area (Å²) in [6, 6.07) is 13.2. The van der Waals surface area contributed by atoms with E-state index in [1.807, 2.05) is 6.07 Å². The fourth-order valence-corrected chi connectivity index (χ4v) is 3.92. The van der Waals surface area contributed by atoms with E-state index in [-0.39, 0.29) is 16.3 Å². The van der Waals surface area contributed by atoms with Crippen molar-refractivity contribution in [2.75, 3.05) is 19.0 Å². The van der Waals surface area contributed by atoms with Crippen molar-refractivity contribution in [3.05, 3.63) is 66.5 Å². The number of sulfonamides is 1. The van der Waals surface area contributed by atoms with E-state index in [1.54, 1.807) is 43.4 Å². The standard InChI is InChI=1S/C21H19F3N6O2S/c1-29(2)18-8-3-13(17-9-10-26-27-17)11-16(18)19-12-20(21(22,23)24)28-30(19)14-4-6-15(7-5-14)33(25,31)32/h3-12H,1-2H3,(H,26,27)(H2,25,31,32). The lowest BCUT2D eigenvalue weighted by molar-refractivity contribution is -0.141. The summed E-state index contributed by atoms with van der Waals surface area (Å²) in [6.07, 6.45) is -3.10. The van der Waals surface area contributed by atoms with Crippen molar-refractivity contribution >= 4 is 15.7 Å². The molecule has 172 valence electrons. The molecule has 3 N–H and O–H groups in total. The van der Waals surface area contributed by atoms with Crippen molar-refractivity contribution in [1.82, 2.24) is 20.0 Å². The number of nitrogens with one attached hydrogen (secondary N) is 1. The van der Waals surface area contributed by atoms with Crippen LogP contribution in [-0.4, -0.2) is 42.5 Å². The van der Waals surface area contributed by atoms with Crippen LogP contribution in [0, 0.1) is 0 Å². The Labute approximate surface area is 187 Å². The lowest BCUT2D eigenvalue weighted by atomic mass is 10.0. The number of alkyl halides is 3. The van der Waals surface area contributed by atoms with E-state index in [1.165, 1.54) is 24.3 Å². The molecule has 0 atom stereocenters. The number of primary sulfonamides is 1. The van der Waals surface area contributed by atoms with Crippen LogP contribution in [0.25, 0.3) is 28.2 Å². The molecule has 2 aromatic heterocycles. The van der Waals surface area contributed by atoms with Crippen molar-refractivity contribution < 1.29 is 21.6 Å². The quantitative estimate of drug-likeness (QED) is 0.457. The molecule has 0 aliphatic rings. The van der Waals surface area contributed by atoms with Gasteiger partial charge in [-0.1, -0.05) is 6.07 Å². The van der Waals surface area contributed by atoms with Gasteiger partial charge < -0.3 is 4.90 Å². The van der Waals surface area contributed by atoms with Gasteiger partial charge in [-0.15, -0.1) is 0 Å². The topological polar surface area (TPSA) is 110 Å². The summed E-state index contributed by atoms with van der Waals surface area (Å²) < 4.78 is 65.1. The molecule has 8 nitrogen and oxygen atoms in total. The summed E-state index contributed by atoms with van der Waals surface area (Å²) >= 11 is 0. The number of nitrogens with two attached hydrogens (primary N) is 1. The van der Waals surface area contributed by atoms with E-state index in [0.717, 1.165) is 16.3 Å². The molecule has 33 heavy (non-hydrogen) atoms. The van der Waals surface area contributed by atoms with Crippen molar-refractivity contribution in [3.8, 4) is 28.2 Å². The second kappa shape index (κ2) is 8.05. The first kappa shape index (κ1) is 22.6. The Hall–Kier alpha value is -3.64. The highest BCUT2D eigenvalue weighted by molar-refractivity contribution is 7.89. The van der Waals surface area contributed by atoms with Gasteiger partial charge in [-0.3, -0.25) is 5.10 Å². The van der Waals surface area contributed by atoms with Crippen molar-refractivity contribution in [2.24, 2.45) is 5.14 Å². The molecule has 0 amide bonds. The molecule has 2 aromatic carbocycles. The minimum atomic E-state index is -4.68. The molecule has 0 aliphatic heterocycles. The molecule has 0 saturated heterocycles.